The van der Waals surface area contributed by atoms with Crippen LogP contribution in [0.2, 0.25) is 0 Å². The second-order valence-corrected chi connectivity index (χ2v) is 4.73. The minimum atomic E-state index is -0.451. The molecular formula is C11H14N3O3+. The summed E-state index contributed by atoms with van der Waals surface area (Å²) in [6, 6.07) is 4.64. The van der Waals surface area contributed by atoms with E-state index in [9.17, 15) is 14.9 Å². The van der Waals surface area contributed by atoms with Crippen LogP contribution in [0.25, 0.3) is 0 Å². The summed E-state index contributed by atoms with van der Waals surface area (Å²) in [4.78, 5) is 23.6. The van der Waals surface area contributed by atoms with Gasteiger partial charge in [-0.2, -0.15) is 0 Å². The number of carbonyl (C=O) groups is 1. The van der Waals surface area contributed by atoms with Crippen molar-refractivity contribution in [2.75, 3.05) is 32.6 Å². The van der Waals surface area contributed by atoms with Gasteiger partial charge < -0.3 is 4.90 Å². The maximum atomic E-state index is 11.8. The highest BCUT2D eigenvalue weighted by atomic mass is 16.6. The molecule has 1 aliphatic heterocycles. The van der Waals surface area contributed by atoms with Gasteiger partial charge in [-0.25, -0.2) is 0 Å². The zero-order valence-corrected chi connectivity index (χ0v) is 10.0. The lowest BCUT2D eigenvalue weighted by molar-refractivity contribution is -0.384. The van der Waals surface area contributed by atoms with Crippen LogP contribution in [0.3, 0.4) is 0 Å². The summed E-state index contributed by atoms with van der Waals surface area (Å²) in [5.74, 6) is -0.0389. The highest BCUT2D eigenvalue weighted by Gasteiger charge is 2.36. The van der Waals surface area contributed by atoms with E-state index in [1.54, 1.807) is 13.1 Å². The minimum absolute atomic E-state index is 0.00491. The summed E-state index contributed by atoms with van der Waals surface area (Å²) in [6.45, 7) is 0.362. The van der Waals surface area contributed by atoms with Crippen molar-refractivity contribution in [3.8, 4) is 0 Å². The van der Waals surface area contributed by atoms with Crippen molar-refractivity contribution < 1.29 is 9.72 Å². The fourth-order valence-corrected chi connectivity index (χ4v) is 2.07. The molecule has 0 N–H and O–H groups in total. The topological polar surface area (TPSA) is 63.5 Å². The zero-order valence-electron chi connectivity index (χ0n) is 10.0. The van der Waals surface area contributed by atoms with Crippen LogP contribution in [0.1, 0.15) is 0 Å². The van der Waals surface area contributed by atoms with Crippen LogP contribution < -0.4 is 9.38 Å². The second-order valence-electron chi connectivity index (χ2n) is 4.73. The van der Waals surface area contributed by atoms with Crippen LogP contribution >= 0.6 is 0 Å². The molecule has 6 heteroatoms. The molecule has 0 unspecified atom stereocenters. The van der Waals surface area contributed by atoms with Gasteiger partial charge in [-0.05, 0) is 0 Å². The van der Waals surface area contributed by atoms with Crippen LogP contribution in [0.5, 0.6) is 0 Å². The van der Waals surface area contributed by atoms with E-state index in [0.717, 1.165) is 5.69 Å². The van der Waals surface area contributed by atoms with Crippen molar-refractivity contribution in [2.24, 2.45) is 0 Å². The van der Waals surface area contributed by atoms with Crippen molar-refractivity contribution in [2.45, 2.75) is 0 Å². The largest absolute Gasteiger partial charge is 0.305 e. The lowest BCUT2D eigenvalue weighted by Gasteiger charge is -2.37. The molecule has 0 fully saturated rings. The van der Waals surface area contributed by atoms with Gasteiger partial charge >= 0.3 is 0 Å². The van der Waals surface area contributed by atoms with Crippen LogP contribution in [-0.4, -0.2) is 38.5 Å². The summed E-state index contributed by atoms with van der Waals surface area (Å²) in [5.41, 5.74) is 1.53. The van der Waals surface area contributed by atoms with E-state index >= 15 is 0 Å². The van der Waals surface area contributed by atoms with Gasteiger partial charge in [0.05, 0.1) is 19.0 Å². The highest BCUT2D eigenvalue weighted by Crippen LogP contribution is 2.37. The quantitative estimate of drug-likeness (QED) is 0.417. The van der Waals surface area contributed by atoms with E-state index in [1.807, 2.05) is 14.1 Å². The van der Waals surface area contributed by atoms with Crippen molar-refractivity contribution in [3.05, 3.63) is 28.3 Å². The van der Waals surface area contributed by atoms with Gasteiger partial charge in [0.25, 0.3) is 11.6 Å². The van der Waals surface area contributed by atoms with Gasteiger partial charge in [0.2, 0.25) is 0 Å². The van der Waals surface area contributed by atoms with Crippen LogP contribution in [0, 0.1) is 10.1 Å². The normalized spacial score (nSPS) is 17.8. The Kier molecular flexibility index (Phi) is 2.39. The third-order valence-electron chi connectivity index (χ3n) is 3.09. The number of nitro groups is 1. The van der Waals surface area contributed by atoms with Gasteiger partial charge in [-0.3, -0.25) is 19.4 Å². The highest BCUT2D eigenvalue weighted by molar-refractivity contribution is 6.01. The van der Waals surface area contributed by atoms with E-state index in [-0.39, 0.29) is 11.6 Å². The third-order valence-corrected chi connectivity index (χ3v) is 3.09. The Morgan fingerprint density at radius 1 is 1.41 bits per heavy atom. The van der Waals surface area contributed by atoms with Crippen molar-refractivity contribution >= 4 is 23.0 Å². The monoisotopic (exact) mass is 236 g/mol. The molecule has 0 bridgehead atoms. The molecule has 0 radical (unpaired) electrons. The Balaban J connectivity index is 2.63. The molecule has 1 heterocycles. The Bertz CT molecular complexity index is 511. The molecule has 1 aromatic carbocycles. The van der Waals surface area contributed by atoms with Crippen molar-refractivity contribution in [3.63, 3.8) is 0 Å². The van der Waals surface area contributed by atoms with Crippen LogP contribution in [-0.2, 0) is 4.79 Å². The van der Waals surface area contributed by atoms with E-state index < -0.39 is 4.92 Å². The summed E-state index contributed by atoms with van der Waals surface area (Å²) in [6.07, 6.45) is 0. The van der Waals surface area contributed by atoms with Gasteiger partial charge in [-0.1, -0.05) is 0 Å². The number of hydrogen-bond acceptors (Lipinski definition) is 3. The first-order chi connectivity index (χ1) is 7.83. The molecule has 2 rings (SSSR count). The molecule has 90 valence electrons. The van der Waals surface area contributed by atoms with E-state index in [2.05, 4.69) is 0 Å². The van der Waals surface area contributed by atoms with Gasteiger partial charge in [0.15, 0.2) is 12.2 Å². The Morgan fingerprint density at radius 3 is 2.65 bits per heavy atom. The molecular weight excluding hydrogens is 222 g/mol. The third kappa shape index (κ3) is 1.76. The lowest BCUT2D eigenvalue weighted by Crippen LogP contribution is -2.53. The number of quaternary nitrogens is 1. The molecule has 0 aromatic heterocycles. The molecule has 6 nitrogen and oxygen atoms in total. The number of amides is 1. The number of benzene rings is 1. The average molecular weight is 236 g/mol. The van der Waals surface area contributed by atoms with Crippen molar-refractivity contribution in [1.29, 1.82) is 0 Å². The molecule has 0 saturated carbocycles. The fourth-order valence-electron chi connectivity index (χ4n) is 2.07. The predicted octanol–water partition coefficient (Wildman–Crippen LogP) is 1.14. The van der Waals surface area contributed by atoms with E-state index in [1.165, 1.54) is 17.0 Å². The summed E-state index contributed by atoms with van der Waals surface area (Å²) < 4.78 is 0.413. The number of likely N-dealkylation sites (N-methyl/N-ethyl adjacent to an activating group) is 2. The molecule has 1 aromatic rings. The Hall–Kier alpha value is -1.95. The molecule has 17 heavy (non-hydrogen) atoms. The second kappa shape index (κ2) is 3.53. The number of carbonyl (C=O) groups excluding carboxylic acids is 1. The molecule has 0 aliphatic carbocycles. The Labute approximate surface area is 98.8 Å². The van der Waals surface area contributed by atoms with E-state index in [4.69, 9.17) is 0 Å². The molecule has 1 amide bonds. The van der Waals surface area contributed by atoms with Gasteiger partial charge in [0, 0.05) is 25.2 Å². The molecule has 0 atom stereocenters. The summed E-state index contributed by atoms with van der Waals surface area (Å²) in [7, 11) is 5.47. The van der Waals surface area contributed by atoms with Gasteiger partial charge in [0.1, 0.15) is 5.69 Å². The fraction of sp³-hybridized carbons (Fsp3) is 0.364. The first-order valence-corrected chi connectivity index (χ1v) is 5.21. The number of fused-ring (bicyclic) bond motifs is 1. The summed E-state index contributed by atoms with van der Waals surface area (Å²) in [5, 5.41) is 10.7. The lowest BCUT2D eigenvalue weighted by atomic mass is 10.1. The van der Waals surface area contributed by atoms with Gasteiger partial charge in [-0.15, -0.1) is 0 Å². The molecule has 1 aliphatic rings. The number of anilines is 1. The molecule has 0 saturated heterocycles. The zero-order chi connectivity index (χ0) is 12.8. The first kappa shape index (κ1) is 11.5. The van der Waals surface area contributed by atoms with Crippen LogP contribution in [0.15, 0.2) is 18.2 Å². The number of rotatable bonds is 1. The number of non-ortho nitro benzene ring substituents is 1. The van der Waals surface area contributed by atoms with Crippen molar-refractivity contribution in [1.82, 2.24) is 4.48 Å². The SMILES string of the molecule is CN1C(=O)C[N+](C)(C)c2ccc([N+](=O)[O-])cc21. The number of nitro benzene ring substituents is 1. The average Bonchev–Trinajstić information content (AvgIpc) is 2.25. The number of nitrogens with zero attached hydrogens (tertiary/aromatic N) is 3. The maximum Gasteiger partial charge on any atom is 0.282 e. The predicted molar refractivity (Wildman–Crippen MR) is 65.0 cm³/mol. The Morgan fingerprint density at radius 2 is 2.06 bits per heavy atom. The first-order valence-electron chi connectivity index (χ1n) is 5.21. The van der Waals surface area contributed by atoms with E-state index in [0.29, 0.717) is 16.7 Å². The standard InChI is InChI=1S/C11H14N3O3/c1-12-9-6-8(13(16)17)4-5-10(9)14(2,3)7-11(12)15/h4-6H,7H2,1-3H3/q+1. The molecule has 0 spiro atoms. The smallest absolute Gasteiger partial charge is 0.282 e. The summed E-state index contributed by atoms with van der Waals surface area (Å²) >= 11 is 0. The maximum absolute atomic E-state index is 11.8. The number of hydrogen-bond donors (Lipinski definition) is 0. The minimum Gasteiger partial charge on any atom is -0.305 e. The van der Waals surface area contributed by atoms with Crippen LogP contribution in [0.4, 0.5) is 17.1 Å².